The first-order chi connectivity index (χ1) is 20.6. The zero-order valence-electron chi connectivity index (χ0n) is 23.4. The fourth-order valence-corrected chi connectivity index (χ4v) is 8.10. The molecule has 2 saturated carbocycles. The number of benzene rings is 1. The Morgan fingerprint density at radius 1 is 1.12 bits per heavy atom. The van der Waals surface area contributed by atoms with E-state index in [1.807, 2.05) is 6.08 Å². The summed E-state index contributed by atoms with van der Waals surface area (Å²) >= 11 is 0. The van der Waals surface area contributed by atoms with Crippen LogP contribution in [0.25, 0.3) is 11.8 Å². The van der Waals surface area contributed by atoms with E-state index < -0.39 is 27.3 Å². The van der Waals surface area contributed by atoms with Crippen molar-refractivity contribution in [2.45, 2.75) is 49.6 Å². The third-order valence-corrected chi connectivity index (χ3v) is 10.6. The number of halogens is 2. The number of aryl methyl sites for hydroxylation is 1. The maximum absolute atomic E-state index is 14.4. The number of fused-ring (bicyclic) bond motifs is 2. The number of pyridine rings is 1. The molecule has 43 heavy (non-hydrogen) atoms. The van der Waals surface area contributed by atoms with Gasteiger partial charge in [-0.3, -0.25) is 14.5 Å². The Morgan fingerprint density at radius 3 is 2.60 bits per heavy atom. The first-order valence-electron chi connectivity index (χ1n) is 14.2. The van der Waals surface area contributed by atoms with E-state index in [9.17, 15) is 22.0 Å². The number of hydrogen-bond donors (Lipinski definition) is 0. The van der Waals surface area contributed by atoms with Crippen LogP contribution in [-0.2, 0) is 23.5 Å². The molecule has 10 nitrogen and oxygen atoms in total. The smallest absolute Gasteiger partial charge is 0.264 e. The molecule has 3 heterocycles. The van der Waals surface area contributed by atoms with Gasteiger partial charge in [-0.15, -0.1) is 5.10 Å². The van der Waals surface area contributed by atoms with Crippen LogP contribution in [0, 0.1) is 23.0 Å². The highest BCUT2D eigenvalue weighted by atomic mass is 32.2. The predicted octanol–water partition coefficient (Wildman–Crippen LogP) is 4.14. The van der Waals surface area contributed by atoms with E-state index >= 15 is 0 Å². The molecular formula is C30H29F2N7O3S. The largest absolute Gasteiger partial charge is 0.291 e. The van der Waals surface area contributed by atoms with Crippen molar-refractivity contribution in [2.24, 2.45) is 18.4 Å². The summed E-state index contributed by atoms with van der Waals surface area (Å²) in [6, 6.07) is 7.80. The van der Waals surface area contributed by atoms with Crippen LogP contribution >= 0.6 is 0 Å². The predicted molar refractivity (Wildman–Crippen MR) is 151 cm³/mol. The van der Waals surface area contributed by atoms with Gasteiger partial charge in [0.2, 0.25) is 5.03 Å². The summed E-state index contributed by atoms with van der Waals surface area (Å²) in [4.78, 5) is 18.6. The average molecular weight is 606 g/mol. The van der Waals surface area contributed by atoms with Gasteiger partial charge in [-0.25, -0.2) is 21.9 Å². The lowest BCUT2D eigenvalue weighted by Gasteiger charge is -2.46. The van der Waals surface area contributed by atoms with Gasteiger partial charge in [0.15, 0.2) is 5.78 Å². The molecule has 0 aliphatic heterocycles. The second kappa shape index (κ2) is 10.3. The van der Waals surface area contributed by atoms with Crippen molar-refractivity contribution >= 4 is 21.9 Å². The summed E-state index contributed by atoms with van der Waals surface area (Å²) in [6.07, 6.45) is 9.52. The number of carbonyl (C=O) groups is 1. The second-order valence-corrected chi connectivity index (χ2v) is 13.5. The van der Waals surface area contributed by atoms with E-state index in [1.54, 1.807) is 30.1 Å². The minimum atomic E-state index is -4.01. The average Bonchev–Trinajstić information content (AvgIpc) is 3.57. The molecule has 3 aromatic heterocycles. The van der Waals surface area contributed by atoms with Gasteiger partial charge in [0.1, 0.15) is 17.3 Å². The molecule has 2 atom stereocenters. The highest BCUT2D eigenvalue weighted by Crippen LogP contribution is 2.51. The SMILES string of the molecule is Cn1cc(S(=O)(=O)N(CC2CC2)[C@H]2CCC3=Cc4c(cnn4-c4ccc(F)cc4)C[C@]3(C(=O)c3cc(F)ccn3)C2)nn1. The number of carbonyl (C=O) groups excluding carboxylic acids is 1. The molecule has 222 valence electrons. The number of sulfonamides is 1. The van der Waals surface area contributed by atoms with Crippen LogP contribution in [0.2, 0.25) is 0 Å². The van der Waals surface area contributed by atoms with Crippen molar-refractivity contribution in [3.63, 3.8) is 0 Å². The molecule has 7 rings (SSSR count). The highest BCUT2D eigenvalue weighted by molar-refractivity contribution is 7.89. The van der Waals surface area contributed by atoms with Gasteiger partial charge in [0, 0.05) is 31.9 Å². The fourth-order valence-electron chi connectivity index (χ4n) is 6.45. The van der Waals surface area contributed by atoms with Gasteiger partial charge in [0.25, 0.3) is 10.0 Å². The van der Waals surface area contributed by atoms with Crippen molar-refractivity contribution in [2.75, 3.05) is 6.54 Å². The highest BCUT2D eigenvalue weighted by Gasteiger charge is 2.52. The van der Waals surface area contributed by atoms with Gasteiger partial charge >= 0.3 is 0 Å². The molecule has 13 heteroatoms. The number of ketones is 1. The lowest BCUT2D eigenvalue weighted by atomic mass is 9.60. The topological polar surface area (TPSA) is 116 Å². The summed E-state index contributed by atoms with van der Waals surface area (Å²) < 4.78 is 60.4. The molecule has 3 aliphatic carbocycles. The standard InChI is InChI=1S/C30H29F2N7O3S/c1-37-18-28(35-36-37)43(41,42)38(17-19-2-3-19)25-7-4-21-12-27-20(16-34-39(27)24-8-5-22(31)6-9-24)14-30(21,15-25)29(40)26-13-23(32)10-11-33-26/h5-6,8-13,16,18-19,25H,2-4,7,14-15,17H2,1H3/t25-,30-/m0/s1. The number of Topliss-reactive ketones (excluding diaryl/α,β-unsaturated/α-hetero) is 1. The summed E-state index contributed by atoms with van der Waals surface area (Å²) in [6.45, 7) is 0.332. The Labute approximate surface area is 247 Å². The molecular weight excluding hydrogens is 576 g/mol. The second-order valence-electron chi connectivity index (χ2n) is 11.7. The minimum Gasteiger partial charge on any atom is -0.291 e. The van der Waals surface area contributed by atoms with Crippen molar-refractivity contribution in [1.82, 2.24) is 34.1 Å². The number of nitrogens with zero attached hydrogens (tertiary/aromatic N) is 7. The fraction of sp³-hybridized carbons (Fsp3) is 0.367. The Bertz CT molecular complexity index is 1860. The first-order valence-corrected chi connectivity index (χ1v) is 15.7. The third kappa shape index (κ3) is 4.89. The van der Waals surface area contributed by atoms with Gasteiger partial charge < -0.3 is 0 Å². The molecule has 0 amide bonds. The number of hydrogen-bond acceptors (Lipinski definition) is 7. The number of allylic oxidation sites excluding steroid dienone is 1. The molecule has 2 fully saturated rings. The van der Waals surface area contributed by atoms with Crippen molar-refractivity contribution < 1.29 is 22.0 Å². The van der Waals surface area contributed by atoms with E-state index in [-0.39, 0.29) is 41.1 Å². The van der Waals surface area contributed by atoms with Crippen LogP contribution < -0.4 is 0 Å². The summed E-state index contributed by atoms with van der Waals surface area (Å²) in [5.41, 5.74) is 1.88. The summed E-state index contributed by atoms with van der Waals surface area (Å²) in [5, 5.41) is 12.2. The van der Waals surface area contributed by atoms with Crippen LogP contribution in [0.4, 0.5) is 8.78 Å². The Hall–Kier alpha value is -4.10. The van der Waals surface area contributed by atoms with Crippen LogP contribution in [0.5, 0.6) is 0 Å². The van der Waals surface area contributed by atoms with Gasteiger partial charge in [0.05, 0.1) is 29.2 Å². The first kappa shape index (κ1) is 27.7. The molecule has 3 aliphatic rings. The Balaban J connectivity index is 1.32. The molecule has 0 unspecified atom stereocenters. The molecule has 0 N–H and O–H groups in total. The summed E-state index contributed by atoms with van der Waals surface area (Å²) in [7, 11) is -2.40. The normalized spacial score (nSPS) is 21.8. The maximum atomic E-state index is 14.4. The van der Waals surface area contributed by atoms with Gasteiger partial charge in [-0.2, -0.15) is 9.40 Å². The van der Waals surface area contributed by atoms with Gasteiger partial charge in [-0.05, 0) is 86.4 Å². The Morgan fingerprint density at radius 2 is 1.91 bits per heavy atom. The molecule has 4 aromatic rings. The third-order valence-electron chi connectivity index (χ3n) is 8.79. The van der Waals surface area contributed by atoms with Crippen molar-refractivity contribution in [3.8, 4) is 5.69 Å². The maximum Gasteiger partial charge on any atom is 0.264 e. The zero-order valence-corrected chi connectivity index (χ0v) is 24.2. The molecule has 0 radical (unpaired) electrons. The number of rotatable bonds is 8. The van der Waals surface area contributed by atoms with E-state index in [0.29, 0.717) is 25.1 Å². The van der Waals surface area contributed by atoms with Crippen molar-refractivity contribution in [3.05, 3.63) is 89.1 Å². The molecule has 1 aromatic carbocycles. The summed E-state index contributed by atoms with van der Waals surface area (Å²) in [5.74, 6) is -1.05. The quantitative estimate of drug-likeness (QED) is 0.277. The number of aromatic nitrogens is 6. The van der Waals surface area contributed by atoms with E-state index in [0.717, 1.165) is 35.7 Å². The van der Waals surface area contributed by atoms with Crippen LogP contribution in [-0.4, -0.2) is 60.9 Å². The van der Waals surface area contributed by atoms with E-state index in [1.165, 1.54) is 39.6 Å². The van der Waals surface area contributed by atoms with Crippen LogP contribution in [0.1, 0.15) is 53.8 Å². The zero-order chi connectivity index (χ0) is 29.9. The Kier molecular flexibility index (Phi) is 6.62. The lowest BCUT2D eigenvalue weighted by Crippen LogP contribution is -2.51. The lowest BCUT2D eigenvalue weighted by molar-refractivity contribution is 0.0734. The minimum absolute atomic E-state index is 0.00791. The van der Waals surface area contributed by atoms with E-state index in [4.69, 9.17) is 0 Å². The molecule has 0 bridgehead atoms. The van der Waals surface area contributed by atoms with E-state index in [2.05, 4.69) is 20.4 Å². The van der Waals surface area contributed by atoms with Gasteiger partial charge in [-0.1, -0.05) is 10.8 Å². The van der Waals surface area contributed by atoms with Crippen LogP contribution in [0.3, 0.4) is 0 Å². The van der Waals surface area contributed by atoms with Crippen LogP contribution in [0.15, 0.2) is 65.6 Å². The monoisotopic (exact) mass is 605 g/mol. The van der Waals surface area contributed by atoms with Crippen molar-refractivity contribution in [1.29, 1.82) is 0 Å². The molecule has 0 spiro atoms. The molecule has 0 saturated heterocycles.